The van der Waals surface area contributed by atoms with E-state index in [9.17, 15) is 19.2 Å². The molecule has 2 aliphatic rings. The minimum Gasteiger partial charge on any atom is -0.356 e. The van der Waals surface area contributed by atoms with Crippen molar-refractivity contribution in [3.05, 3.63) is 71.5 Å². The second-order valence-electron chi connectivity index (χ2n) is 8.73. The molecule has 2 N–H and O–H groups in total. The smallest absolute Gasteiger partial charge is 0.325 e. The molecule has 0 saturated carbocycles. The number of urea groups is 1. The van der Waals surface area contributed by atoms with Gasteiger partial charge in [-0.3, -0.25) is 19.3 Å². The van der Waals surface area contributed by atoms with Gasteiger partial charge in [0.05, 0.1) is 6.54 Å². The number of hydrogen-bond acceptors (Lipinski definition) is 4. The fraction of sp³-hybridized carbons (Fsp3) is 0.280. The Morgan fingerprint density at radius 1 is 1.00 bits per heavy atom. The van der Waals surface area contributed by atoms with Crippen LogP contribution >= 0.6 is 0 Å². The van der Waals surface area contributed by atoms with Crippen LogP contribution in [0.3, 0.4) is 0 Å². The van der Waals surface area contributed by atoms with Gasteiger partial charge in [-0.2, -0.15) is 0 Å². The fourth-order valence-corrected chi connectivity index (χ4v) is 4.54. The third-order valence-electron chi connectivity index (χ3n) is 6.53. The van der Waals surface area contributed by atoms with Crippen LogP contribution in [0.1, 0.15) is 46.2 Å². The highest BCUT2D eigenvalue weighted by atomic mass is 16.2. The highest BCUT2D eigenvalue weighted by Gasteiger charge is 2.49. The first-order valence-corrected chi connectivity index (χ1v) is 11.0. The molecule has 4 amide bonds. The molecule has 8 nitrogen and oxygen atoms in total. The van der Waals surface area contributed by atoms with Crippen LogP contribution in [0.15, 0.2) is 54.7 Å². The van der Waals surface area contributed by atoms with Gasteiger partial charge in [0, 0.05) is 24.8 Å². The van der Waals surface area contributed by atoms with Gasteiger partial charge in [0.25, 0.3) is 11.8 Å². The Balaban J connectivity index is 1.34. The van der Waals surface area contributed by atoms with Crippen LogP contribution in [0.25, 0.3) is 10.8 Å². The second kappa shape index (κ2) is 7.88. The van der Waals surface area contributed by atoms with Crippen molar-refractivity contribution in [3.63, 3.8) is 0 Å². The number of H-pyrrole nitrogens is 1. The minimum atomic E-state index is -1.27. The number of imide groups is 1. The zero-order valence-corrected chi connectivity index (χ0v) is 18.3. The predicted octanol–water partition coefficient (Wildman–Crippen LogP) is 3.05. The summed E-state index contributed by atoms with van der Waals surface area (Å²) in [6, 6.07) is 14.2. The van der Waals surface area contributed by atoms with Crippen LogP contribution in [-0.4, -0.2) is 58.0 Å². The maximum atomic E-state index is 13.3. The number of hydrogen-bond donors (Lipinski definition) is 2. The molecule has 1 atom stereocenters. The molecule has 2 fully saturated rings. The Morgan fingerprint density at radius 3 is 2.48 bits per heavy atom. The van der Waals surface area contributed by atoms with Crippen molar-refractivity contribution in [2.24, 2.45) is 0 Å². The van der Waals surface area contributed by atoms with E-state index in [4.69, 9.17) is 0 Å². The summed E-state index contributed by atoms with van der Waals surface area (Å²) < 4.78 is 0. The van der Waals surface area contributed by atoms with Gasteiger partial charge in [-0.1, -0.05) is 36.4 Å². The number of carbonyl (C=O) groups is 4. The Morgan fingerprint density at radius 2 is 1.73 bits per heavy atom. The van der Waals surface area contributed by atoms with Gasteiger partial charge in [0.2, 0.25) is 0 Å². The van der Waals surface area contributed by atoms with Gasteiger partial charge in [0.15, 0.2) is 5.78 Å². The number of benzene rings is 2. The number of fused-ring (bicyclic) bond motifs is 1. The first-order chi connectivity index (χ1) is 15.9. The predicted molar refractivity (Wildman–Crippen MR) is 122 cm³/mol. The monoisotopic (exact) mass is 444 g/mol. The lowest BCUT2D eigenvalue weighted by atomic mass is 9.90. The lowest BCUT2D eigenvalue weighted by Gasteiger charge is -2.22. The molecule has 3 heterocycles. The first-order valence-electron chi connectivity index (χ1n) is 11.0. The van der Waals surface area contributed by atoms with Crippen LogP contribution in [0.4, 0.5) is 4.79 Å². The minimum absolute atomic E-state index is 0.148. The number of nitrogens with one attached hydrogen (secondary N) is 2. The summed E-state index contributed by atoms with van der Waals surface area (Å²) in [6.07, 6.45) is 3.40. The molecule has 0 bridgehead atoms. The number of nitrogens with zero attached hydrogens (tertiary/aromatic N) is 2. The molecule has 5 rings (SSSR count). The molecule has 8 heteroatoms. The van der Waals surface area contributed by atoms with Crippen molar-refractivity contribution in [1.29, 1.82) is 0 Å². The Labute approximate surface area is 190 Å². The average molecular weight is 444 g/mol. The van der Waals surface area contributed by atoms with Crippen molar-refractivity contribution in [2.75, 3.05) is 19.6 Å². The number of ketones is 1. The average Bonchev–Trinajstić information content (AvgIpc) is 3.57. The van der Waals surface area contributed by atoms with E-state index in [1.165, 1.54) is 12.3 Å². The van der Waals surface area contributed by atoms with E-state index in [0.717, 1.165) is 28.5 Å². The largest absolute Gasteiger partial charge is 0.356 e. The van der Waals surface area contributed by atoms with Crippen LogP contribution in [-0.2, 0) is 10.3 Å². The second-order valence-corrected chi connectivity index (χ2v) is 8.73. The number of carbonyl (C=O) groups excluding carboxylic acids is 4. The van der Waals surface area contributed by atoms with Crippen LogP contribution < -0.4 is 5.32 Å². The molecule has 2 aliphatic heterocycles. The Bertz CT molecular complexity index is 1290. The summed E-state index contributed by atoms with van der Waals surface area (Å²) in [5, 5.41) is 4.73. The van der Waals surface area contributed by atoms with Gasteiger partial charge in [-0.15, -0.1) is 0 Å². The van der Waals surface area contributed by atoms with E-state index < -0.39 is 29.8 Å². The van der Waals surface area contributed by atoms with Crippen molar-refractivity contribution < 1.29 is 19.2 Å². The molecule has 0 spiro atoms. The fourth-order valence-electron chi connectivity index (χ4n) is 4.54. The van der Waals surface area contributed by atoms with E-state index in [1.807, 2.05) is 42.5 Å². The highest BCUT2D eigenvalue weighted by Crippen LogP contribution is 2.31. The summed E-state index contributed by atoms with van der Waals surface area (Å²) >= 11 is 0. The standard InChI is InChI=1S/C25H24N4O4/c1-25(19-9-8-16-6-2-3-7-17(16)12-19)23(32)29(24(33)27-25)15-21(30)18-13-20(26-14-18)22(31)28-10-4-5-11-28/h2-3,6-9,12-14,26H,4-5,10-11,15H2,1H3,(H,27,33)/t25-/m1/s1. The summed E-state index contributed by atoms with van der Waals surface area (Å²) in [7, 11) is 0. The molecule has 168 valence electrons. The van der Waals surface area contributed by atoms with E-state index in [-0.39, 0.29) is 11.5 Å². The number of likely N-dealkylation sites (tertiary alicyclic amines) is 1. The topological polar surface area (TPSA) is 103 Å². The van der Waals surface area contributed by atoms with E-state index in [1.54, 1.807) is 11.8 Å². The van der Waals surface area contributed by atoms with Crippen molar-refractivity contribution in [3.8, 4) is 0 Å². The summed E-state index contributed by atoms with van der Waals surface area (Å²) in [5.74, 6) is -1.05. The van der Waals surface area contributed by atoms with Crippen molar-refractivity contribution in [2.45, 2.75) is 25.3 Å². The normalized spacial score (nSPS) is 20.5. The molecule has 0 aliphatic carbocycles. The van der Waals surface area contributed by atoms with Gasteiger partial charge in [-0.05, 0) is 48.2 Å². The highest BCUT2D eigenvalue weighted by molar-refractivity contribution is 6.11. The number of aromatic amines is 1. The Kier molecular flexibility index (Phi) is 5.00. The van der Waals surface area contributed by atoms with E-state index in [2.05, 4.69) is 10.3 Å². The van der Waals surface area contributed by atoms with Gasteiger partial charge in [-0.25, -0.2) is 4.79 Å². The van der Waals surface area contributed by atoms with Crippen molar-refractivity contribution >= 4 is 34.4 Å². The molecule has 0 radical (unpaired) electrons. The number of amides is 4. The number of aromatic nitrogens is 1. The molecule has 1 aromatic heterocycles. The third-order valence-corrected chi connectivity index (χ3v) is 6.53. The van der Waals surface area contributed by atoms with Crippen LogP contribution in [0, 0.1) is 0 Å². The van der Waals surface area contributed by atoms with E-state index >= 15 is 0 Å². The van der Waals surface area contributed by atoms with Gasteiger partial charge >= 0.3 is 6.03 Å². The van der Waals surface area contributed by atoms with E-state index in [0.29, 0.717) is 24.3 Å². The third kappa shape index (κ3) is 3.57. The molecule has 2 saturated heterocycles. The zero-order chi connectivity index (χ0) is 23.2. The van der Waals surface area contributed by atoms with Crippen molar-refractivity contribution in [1.82, 2.24) is 20.1 Å². The molecule has 0 unspecified atom stereocenters. The van der Waals surface area contributed by atoms with Crippen LogP contribution in [0.2, 0.25) is 0 Å². The maximum absolute atomic E-state index is 13.3. The SMILES string of the molecule is C[C@]1(c2ccc3ccccc3c2)NC(=O)N(CC(=O)c2c[nH]c(C(=O)N3CCCC3)c2)C1=O. The summed E-state index contributed by atoms with van der Waals surface area (Å²) in [4.78, 5) is 56.8. The Hall–Kier alpha value is -3.94. The molecule has 33 heavy (non-hydrogen) atoms. The van der Waals surface area contributed by atoms with Crippen LogP contribution in [0.5, 0.6) is 0 Å². The molecule has 2 aromatic carbocycles. The number of Topliss-reactive ketones (excluding diaryl/α,β-unsaturated/α-hetero) is 1. The van der Waals surface area contributed by atoms with Gasteiger partial charge < -0.3 is 15.2 Å². The number of rotatable bonds is 5. The quantitative estimate of drug-likeness (QED) is 0.466. The summed E-state index contributed by atoms with van der Waals surface area (Å²) in [5.41, 5.74) is -0.0262. The maximum Gasteiger partial charge on any atom is 0.325 e. The molecular weight excluding hydrogens is 420 g/mol. The molecular formula is C25H24N4O4. The lowest BCUT2D eigenvalue weighted by Crippen LogP contribution is -2.41. The first kappa shape index (κ1) is 20.9. The zero-order valence-electron chi connectivity index (χ0n) is 18.3. The lowest BCUT2D eigenvalue weighted by molar-refractivity contribution is -0.130. The van der Waals surface area contributed by atoms with Gasteiger partial charge in [0.1, 0.15) is 11.2 Å². The summed E-state index contributed by atoms with van der Waals surface area (Å²) in [6.45, 7) is 2.65. The molecule has 3 aromatic rings.